The van der Waals surface area contributed by atoms with Crippen LogP contribution in [-0.2, 0) is 4.79 Å². The summed E-state index contributed by atoms with van der Waals surface area (Å²) in [5.41, 5.74) is 0. The molecular weight excluding hydrogens is 202 g/mol. The first-order chi connectivity index (χ1) is 7.60. The topological polar surface area (TPSA) is 36.7 Å². The molecule has 2 rings (SSSR count). The second-order valence-corrected chi connectivity index (χ2v) is 5.02. The van der Waals surface area contributed by atoms with E-state index in [0.29, 0.717) is 12.0 Å². The highest BCUT2D eigenvalue weighted by molar-refractivity contribution is 5.81. The van der Waals surface area contributed by atoms with Crippen molar-refractivity contribution in [3.63, 3.8) is 0 Å². The molecule has 1 saturated carbocycles. The highest BCUT2D eigenvalue weighted by Gasteiger charge is 2.57. The van der Waals surface area contributed by atoms with Gasteiger partial charge >= 0.3 is 6.17 Å². The average molecular weight is 221 g/mol. The number of carbonyl (C=O) groups is 1. The molecule has 0 aromatic carbocycles. The van der Waals surface area contributed by atoms with Crippen LogP contribution in [0.15, 0.2) is 0 Å². The minimum absolute atomic E-state index is 0.0476. The summed E-state index contributed by atoms with van der Waals surface area (Å²) in [6, 6.07) is 0.537. The summed E-state index contributed by atoms with van der Waals surface area (Å²) >= 11 is 0. The predicted molar refractivity (Wildman–Crippen MR) is 61.4 cm³/mol. The van der Waals surface area contributed by atoms with E-state index in [1.165, 1.54) is 0 Å². The van der Waals surface area contributed by atoms with Crippen molar-refractivity contribution in [2.75, 3.05) is 7.05 Å². The van der Waals surface area contributed by atoms with E-state index in [4.69, 9.17) is 6.57 Å². The first kappa shape index (κ1) is 11.4. The van der Waals surface area contributed by atoms with Crippen LogP contribution < -0.4 is 5.32 Å². The molecule has 4 heteroatoms. The van der Waals surface area contributed by atoms with Crippen molar-refractivity contribution in [1.29, 1.82) is 0 Å². The maximum atomic E-state index is 12.3. The smallest absolute Gasteiger partial charge is 0.301 e. The summed E-state index contributed by atoms with van der Waals surface area (Å²) in [4.78, 5) is 17.7. The monoisotopic (exact) mass is 221 g/mol. The minimum atomic E-state index is -0.192. The first-order valence-corrected chi connectivity index (χ1v) is 5.96. The number of nitrogens with zero attached hydrogens (tertiary/aromatic N) is 2. The molecule has 5 atom stereocenters. The predicted octanol–water partition coefficient (Wildman–Crippen LogP) is 1.10. The van der Waals surface area contributed by atoms with Crippen LogP contribution in [0.1, 0.15) is 26.7 Å². The zero-order chi connectivity index (χ0) is 11.9. The summed E-state index contributed by atoms with van der Waals surface area (Å²) in [5.74, 6) is 0.710. The Hall–Kier alpha value is -1.08. The van der Waals surface area contributed by atoms with Crippen molar-refractivity contribution < 1.29 is 4.79 Å². The Bertz CT molecular complexity index is 336. The fourth-order valence-corrected chi connectivity index (χ4v) is 2.56. The van der Waals surface area contributed by atoms with Gasteiger partial charge in [0.15, 0.2) is 0 Å². The molecule has 0 spiro atoms. The lowest BCUT2D eigenvalue weighted by Crippen LogP contribution is -2.45. The number of nitrogens with one attached hydrogen (secondary N) is 1. The van der Waals surface area contributed by atoms with Crippen LogP contribution in [0.25, 0.3) is 4.85 Å². The van der Waals surface area contributed by atoms with Crippen LogP contribution >= 0.6 is 0 Å². The Morgan fingerprint density at radius 1 is 1.50 bits per heavy atom. The summed E-state index contributed by atoms with van der Waals surface area (Å²) in [6.07, 6.45) is 1.81. The lowest BCUT2D eigenvalue weighted by atomic mass is 10.0. The number of rotatable bonds is 3. The molecule has 1 saturated heterocycles. The summed E-state index contributed by atoms with van der Waals surface area (Å²) in [6.45, 7) is 11.1. The third-order valence-electron chi connectivity index (χ3n) is 4.08. The largest absolute Gasteiger partial charge is 0.316 e. The quantitative estimate of drug-likeness (QED) is 0.724. The Morgan fingerprint density at radius 3 is 2.75 bits per heavy atom. The molecule has 0 aromatic heterocycles. The van der Waals surface area contributed by atoms with Crippen molar-refractivity contribution in [2.45, 2.75) is 44.9 Å². The molecule has 16 heavy (non-hydrogen) atoms. The van der Waals surface area contributed by atoms with Gasteiger partial charge in [0.25, 0.3) is 0 Å². The highest BCUT2D eigenvalue weighted by Crippen LogP contribution is 2.48. The van der Waals surface area contributed by atoms with Gasteiger partial charge in [-0.25, -0.2) is 6.57 Å². The van der Waals surface area contributed by atoms with Gasteiger partial charge in [0, 0.05) is 18.5 Å². The molecule has 2 aliphatic rings. The Balaban J connectivity index is 2.06. The number of piperidine rings is 1. The lowest BCUT2D eigenvalue weighted by molar-refractivity contribution is -0.136. The molecule has 1 amide bonds. The van der Waals surface area contributed by atoms with Gasteiger partial charge in [0.05, 0.1) is 5.92 Å². The van der Waals surface area contributed by atoms with E-state index in [2.05, 4.69) is 10.2 Å². The van der Waals surface area contributed by atoms with E-state index in [1.54, 1.807) is 0 Å². The van der Waals surface area contributed by atoms with E-state index >= 15 is 0 Å². The second kappa shape index (κ2) is 4.06. The number of amides is 1. The molecule has 1 aliphatic heterocycles. The van der Waals surface area contributed by atoms with Crippen LogP contribution in [0, 0.1) is 18.4 Å². The zero-order valence-corrected chi connectivity index (χ0v) is 10.1. The van der Waals surface area contributed by atoms with Crippen molar-refractivity contribution in [2.24, 2.45) is 11.8 Å². The van der Waals surface area contributed by atoms with Crippen LogP contribution in [0.3, 0.4) is 0 Å². The van der Waals surface area contributed by atoms with Gasteiger partial charge in [-0.2, -0.15) is 0 Å². The van der Waals surface area contributed by atoms with Gasteiger partial charge in [0.2, 0.25) is 5.91 Å². The molecule has 88 valence electrons. The maximum Gasteiger partial charge on any atom is 0.301 e. The number of hydrogen-bond donors (Lipinski definition) is 1. The molecular formula is C12H19N3O. The van der Waals surface area contributed by atoms with Crippen molar-refractivity contribution >= 4 is 5.91 Å². The minimum Gasteiger partial charge on any atom is -0.316 e. The van der Waals surface area contributed by atoms with Crippen LogP contribution in [0.4, 0.5) is 0 Å². The third kappa shape index (κ3) is 1.69. The van der Waals surface area contributed by atoms with E-state index < -0.39 is 0 Å². The molecule has 2 unspecified atom stereocenters. The molecule has 4 nitrogen and oxygen atoms in total. The fraction of sp³-hybridized carbons (Fsp3) is 0.833. The van der Waals surface area contributed by atoms with E-state index in [0.717, 1.165) is 12.8 Å². The maximum absolute atomic E-state index is 12.3. The Kier molecular flexibility index (Phi) is 2.90. The molecule has 1 aliphatic carbocycles. The molecule has 1 N–H and O–H groups in total. The number of carbonyl (C=O) groups excluding carboxylic acids is 1. The number of hydrogen-bond acceptors (Lipinski definition) is 2. The third-order valence-corrected chi connectivity index (χ3v) is 4.08. The van der Waals surface area contributed by atoms with Crippen LogP contribution in [0.2, 0.25) is 0 Å². The first-order valence-electron chi connectivity index (χ1n) is 5.96. The van der Waals surface area contributed by atoms with Crippen LogP contribution in [0.5, 0.6) is 0 Å². The SMILES string of the molecule is [C-]#[N+]C1C[C@@H]2C[C@@H]2N1C(=O)[C@H](C)C(C)NC. The fourth-order valence-electron chi connectivity index (χ4n) is 2.56. The van der Waals surface area contributed by atoms with Crippen molar-refractivity contribution in [1.82, 2.24) is 10.2 Å². The molecule has 1 heterocycles. The van der Waals surface area contributed by atoms with Crippen molar-refractivity contribution in [3.05, 3.63) is 11.4 Å². The standard InChI is InChI=1S/C12H19N3O/c1-7(8(2)13-3)12(16)15-10-5-9(10)6-11(15)14-4/h7-11,13H,5-6H2,1-3H3/t7-,8?,9+,10+,11?/m1/s1. The van der Waals surface area contributed by atoms with Gasteiger partial charge in [0.1, 0.15) is 0 Å². The molecule has 0 bridgehead atoms. The normalized spacial score (nSPS) is 35.1. The summed E-state index contributed by atoms with van der Waals surface area (Å²) in [7, 11) is 1.87. The van der Waals surface area contributed by atoms with E-state index in [-0.39, 0.29) is 24.0 Å². The zero-order valence-electron chi connectivity index (χ0n) is 10.1. The molecule has 2 fully saturated rings. The molecule has 0 aromatic rings. The number of fused-ring (bicyclic) bond motifs is 1. The van der Waals surface area contributed by atoms with Gasteiger partial charge in [-0.1, -0.05) is 6.92 Å². The summed E-state index contributed by atoms with van der Waals surface area (Å²) < 4.78 is 0. The number of likely N-dealkylation sites (tertiary alicyclic amines) is 1. The van der Waals surface area contributed by atoms with Gasteiger partial charge in [-0.3, -0.25) is 14.5 Å². The molecule has 0 radical (unpaired) electrons. The van der Waals surface area contributed by atoms with Gasteiger partial charge in [-0.15, -0.1) is 0 Å². The van der Waals surface area contributed by atoms with Crippen LogP contribution in [-0.4, -0.2) is 36.1 Å². The van der Waals surface area contributed by atoms with Gasteiger partial charge in [-0.05, 0) is 26.3 Å². The van der Waals surface area contributed by atoms with E-state index in [1.807, 2.05) is 25.8 Å². The highest BCUT2D eigenvalue weighted by atomic mass is 16.2. The lowest BCUT2D eigenvalue weighted by Gasteiger charge is -2.26. The van der Waals surface area contributed by atoms with Gasteiger partial charge < -0.3 is 5.32 Å². The average Bonchev–Trinajstić information content (AvgIpc) is 2.97. The second-order valence-electron chi connectivity index (χ2n) is 5.02. The van der Waals surface area contributed by atoms with E-state index in [9.17, 15) is 4.79 Å². The Morgan fingerprint density at radius 2 is 2.19 bits per heavy atom. The Labute approximate surface area is 96.8 Å². The summed E-state index contributed by atoms with van der Waals surface area (Å²) in [5, 5.41) is 3.11. The van der Waals surface area contributed by atoms with Crippen molar-refractivity contribution in [3.8, 4) is 0 Å².